The van der Waals surface area contributed by atoms with Gasteiger partial charge in [0.05, 0.1) is 23.6 Å². The standard InChI is InChI=1S/C25H31N3O6S2/c1-4-34-25(31)22-20-12-14-27(17(3)29)15-21(20)35-24(22)26-23(30)18-8-10-19(11-9-18)36(32,33)28-13-6-5-7-16(28)2/h8-11,16H,4-7,12-15H2,1-3H3,(H,26,30). The first-order valence-electron chi connectivity index (χ1n) is 12.1. The third kappa shape index (κ3) is 5.18. The average molecular weight is 534 g/mol. The monoisotopic (exact) mass is 533 g/mol. The van der Waals surface area contributed by atoms with Crippen molar-refractivity contribution in [1.29, 1.82) is 0 Å². The van der Waals surface area contributed by atoms with Crippen molar-refractivity contribution in [2.45, 2.75) is 63.9 Å². The average Bonchev–Trinajstić information content (AvgIpc) is 3.21. The van der Waals surface area contributed by atoms with Gasteiger partial charge in [0.2, 0.25) is 15.9 Å². The number of carbonyl (C=O) groups is 3. The number of carbonyl (C=O) groups excluding carboxylic acids is 3. The lowest BCUT2D eigenvalue weighted by molar-refractivity contribution is -0.129. The molecule has 194 valence electrons. The highest BCUT2D eigenvalue weighted by molar-refractivity contribution is 7.89. The number of sulfonamides is 1. The Labute approximate surface area is 215 Å². The van der Waals surface area contributed by atoms with E-state index in [1.165, 1.54) is 46.8 Å². The maximum Gasteiger partial charge on any atom is 0.341 e. The smallest absolute Gasteiger partial charge is 0.341 e. The molecule has 36 heavy (non-hydrogen) atoms. The van der Waals surface area contributed by atoms with Gasteiger partial charge in [-0.15, -0.1) is 11.3 Å². The summed E-state index contributed by atoms with van der Waals surface area (Å²) in [6, 6.07) is 5.79. The van der Waals surface area contributed by atoms with Gasteiger partial charge in [0.15, 0.2) is 0 Å². The van der Waals surface area contributed by atoms with Crippen molar-refractivity contribution in [1.82, 2.24) is 9.21 Å². The highest BCUT2D eigenvalue weighted by atomic mass is 32.2. The highest BCUT2D eigenvalue weighted by Crippen LogP contribution is 2.38. The van der Waals surface area contributed by atoms with Crippen molar-refractivity contribution in [2.75, 3.05) is 25.0 Å². The van der Waals surface area contributed by atoms with Crippen molar-refractivity contribution >= 4 is 44.1 Å². The SMILES string of the molecule is CCOC(=O)c1c(NC(=O)c2ccc(S(=O)(=O)N3CCCCC3C)cc2)sc2c1CCN(C(C)=O)C2. The number of anilines is 1. The van der Waals surface area contributed by atoms with Gasteiger partial charge in [-0.25, -0.2) is 13.2 Å². The van der Waals surface area contributed by atoms with Crippen LogP contribution in [0.1, 0.15) is 71.2 Å². The normalized spacial score (nSPS) is 18.4. The van der Waals surface area contributed by atoms with Crippen LogP contribution in [0.3, 0.4) is 0 Å². The molecule has 11 heteroatoms. The van der Waals surface area contributed by atoms with Gasteiger partial charge in [-0.05, 0) is 62.9 Å². The second-order valence-corrected chi connectivity index (χ2v) is 12.1. The Kier molecular flexibility index (Phi) is 7.82. The van der Waals surface area contributed by atoms with Crippen molar-refractivity contribution < 1.29 is 27.5 Å². The molecule has 0 bridgehead atoms. The minimum absolute atomic E-state index is 0.0497. The first kappa shape index (κ1) is 26.3. The Balaban J connectivity index is 1.57. The minimum atomic E-state index is -3.64. The number of thiophene rings is 1. The molecule has 2 amide bonds. The second-order valence-electron chi connectivity index (χ2n) is 9.06. The zero-order chi connectivity index (χ0) is 26.0. The van der Waals surface area contributed by atoms with E-state index in [2.05, 4.69) is 5.32 Å². The molecular formula is C25H31N3O6S2. The summed E-state index contributed by atoms with van der Waals surface area (Å²) in [7, 11) is -3.64. The van der Waals surface area contributed by atoms with Crippen molar-refractivity contribution in [3.05, 3.63) is 45.8 Å². The summed E-state index contributed by atoms with van der Waals surface area (Å²) in [6.07, 6.45) is 3.18. The Morgan fingerprint density at radius 2 is 1.86 bits per heavy atom. The number of hydrogen-bond acceptors (Lipinski definition) is 7. The first-order chi connectivity index (χ1) is 17.1. The molecule has 1 unspecified atom stereocenters. The molecule has 9 nitrogen and oxygen atoms in total. The van der Waals surface area contributed by atoms with Crippen LogP contribution in [-0.2, 0) is 32.5 Å². The van der Waals surface area contributed by atoms with Crippen molar-refractivity contribution in [2.24, 2.45) is 0 Å². The third-order valence-electron chi connectivity index (χ3n) is 6.67. The molecule has 0 aliphatic carbocycles. The van der Waals surface area contributed by atoms with E-state index in [-0.39, 0.29) is 29.0 Å². The van der Waals surface area contributed by atoms with Gasteiger partial charge in [0.1, 0.15) is 5.00 Å². The molecule has 3 heterocycles. The minimum Gasteiger partial charge on any atom is -0.462 e. The van der Waals surface area contributed by atoms with Crippen LogP contribution in [-0.4, -0.2) is 61.1 Å². The van der Waals surface area contributed by atoms with Gasteiger partial charge in [0.25, 0.3) is 5.91 Å². The summed E-state index contributed by atoms with van der Waals surface area (Å²) in [5.74, 6) is -1.03. The van der Waals surface area contributed by atoms with Crippen LogP contribution in [0, 0.1) is 0 Å². The lowest BCUT2D eigenvalue weighted by Gasteiger charge is -2.32. The predicted octanol–water partition coefficient (Wildman–Crippen LogP) is 3.64. The third-order valence-corrected chi connectivity index (χ3v) is 9.83. The summed E-state index contributed by atoms with van der Waals surface area (Å²) in [5.41, 5.74) is 1.39. The van der Waals surface area contributed by atoms with Crippen LogP contribution in [0.2, 0.25) is 0 Å². The lowest BCUT2D eigenvalue weighted by Crippen LogP contribution is -2.41. The summed E-state index contributed by atoms with van der Waals surface area (Å²) in [4.78, 5) is 40.3. The lowest BCUT2D eigenvalue weighted by atomic mass is 10.0. The van der Waals surface area contributed by atoms with E-state index in [9.17, 15) is 22.8 Å². The Bertz CT molecular complexity index is 1270. The van der Waals surface area contributed by atoms with E-state index in [1.54, 1.807) is 11.8 Å². The number of nitrogens with one attached hydrogen (secondary N) is 1. The predicted molar refractivity (Wildman–Crippen MR) is 137 cm³/mol. The van der Waals surface area contributed by atoms with Crippen LogP contribution < -0.4 is 5.32 Å². The number of piperidine rings is 1. The fourth-order valence-electron chi connectivity index (χ4n) is 4.70. The maximum absolute atomic E-state index is 13.1. The molecule has 2 aromatic rings. The Morgan fingerprint density at radius 3 is 2.50 bits per heavy atom. The number of fused-ring (bicyclic) bond motifs is 1. The van der Waals surface area contributed by atoms with E-state index in [4.69, 9.17) is 4.74 Å². The van der Waals surface area contributed by atoms with Crippen LogP contribution in [0.25, 0.3) is 0 Å². The highest BCUT2D eigenvalue weighted by Gasteiger charge is 2.32. The van der Waals surface area contributed by atoms with Gasteiger partial charge in [0, 0.05) is 36.5 Å². The molecular weight excluding hydrogens is 502 g/mol. The quantitative estimate of drug-likeness (QED) is 0.567. The molecule has 4 rings (SSSR count). The summed E-state index contributed by atoms with van der Waals surface area (Å²) < 4.78 is 32.9. The summed E-state index contributed by atoms with van der Waals surface area (Å²) >= 11 is 1.26. The first-order valence-corrected chi connectivity index (χ1v) is 14.4. The molecule has 0 saturated carbocycles. The van der Waals surface area contributed by atoms with Crippen LogP contribution in [0.15, 0.2) is 29.2 Å². The van der Waals surface area contributed by atoms with Crippen molar-refractivity contribution in [3.8, 4) is 0 Å². The van der Waals surface area contributed by atoms with E-state index >= 15 is 0 Å². The van der Waals surface area contributed by atoms with Gasteiger partial charge in [-0.2, -0.15) is 4.31 Å². The largest absolute Gasteiger partial charge is 0.462 e. The number of rotatable bonds is 6. The molecule has 1 aromatic carbocycles. The molecule has 1 N–H and O–H groups in total. The molecule has 1 fully saturated rings. The van der Waals surface area contributed by atoms with Gasteiger partial charge in [-0.1, -0.05) is 6.42 Å². The van der Waals surface area contributed by atoms with Crippen LogP contribution in [0.5, 0.6) is 0 Å². The van der Waals surface area contributed by atoms with E-state index in [0.29, 0.717) is 36.6 Å². The molecule has 2 aliphatic rings. The van der Waals surface area contributed by atoms with Crippen molar-refractivity contribution in [3.63, 3.8) is 0 Å². The molecule has 1 atom stereocenters. The summed E-state index contributed by atoms with van der Waals surface area (Å²) in [5, 5.41) is 3.18. The number of nitrogens with zero attached hydrogens (tertiary/aromatic N) is 2. The van der Waals surface area contributed by atoms with E-state index in [0.717, 1.165) is 29.7 Å². The number of ether oxygens (including phenoxy) is 1. The van der Waals surface area contributed by atoms with Gasteiger partial charge >= 0.3 is 5.97 Å². The fraction of sp³-hybridized carbons (Fsp3) is 0.480. The topological polar surface area (TPSA) is 113 Å². The molecule has 0 radical (unpaired) electrons. The zero-order valence-electron chi connectivity index (χ0n) is 20.7. The molecule has 1 aromatic heterocycles. The number of benzene rings is 1. The Morgan fingerprint density at radius 1 is 1.14 bits per heavy atom. The fourth-order valence-corrected chi connectivity index (χ4v) is 7.64. The molecule has 2 aliphatic heterocycles. The second kappa shape index (κ2) is 10.7. The Hall–Kier alpha value is -2.76. The van der Waals surface area contributed by atoms with E-state index in [1.807, 2.05) is 6.92 Å². The number of amides is 2. The summed E-state index contributed by atoms with van der Waals surface area (Å²) in [6.45, 7) is 6.68. The van der Waals surface area contributed by atoms with E-state index < -0.39 is 21.9 Å². The van der Waals surface area contributed by atoms with Crippen LogP contribution >= 0.6 is 11.3 Å². The number of esters is 1. The molecule has 1 saturated heterocycles. The van der Waals surface area contributed by atoms with Gasteiger partial charge < -0.3 is 15.0 Å². The van der Waals surface area contributed by atoms with Crippen LogP contribution in [0.4, 0.5) is 5.00 Å². The molecule has 0 spiro atoms. The van der Waals surface area contributed by atoms with Gasteiger partial charge in [-0.3, -0.25) is 9.59 Å². The number of hydrogen-bond donors (Lipinski definition) is 1. The zero-order valence-corrected chi connectivity index (χ0v) is 22.3. The maximum atomic E-state index is 13.1.